The molecule has 1 unspecified atom stereocenters. The van der Waals surface area contributed by atoms with Gasteiger partial charge in [-0.3, -0.25) is 9.78 Å². The number of hydrogen-bond donors (Lipinski definition) is 1. The molecule has 152 valence electrons. The third kappa shape index (κ3) is 5.24. The molecule has 0 saturated carbocycles. The fourth-order valence-corrected chi connectivity index (χ4v) is 2.37. The van der Waals surface area contributed by atoms with Crippen LogP contribution in [0.15, 0.2) is 59.3 Å². The minimum absolute atomic E-state index is 0.0346. The van der Waals surface area contributed by atoms with E-state index in [1.165, 1.54) is 31.5 Å². The van der Waals surface area contributed by atoms with Crippen LogP contribution in [0.2, 0.25) is 0 Å². The zero-order valence-electron chi connectivity index (χ0n) is 15.1. The van der Waals surface area contributed by atoms with Crippen molar-refractivity contribution in [2.75, 3.05) is 7.11 Å². The lowest BCUT2D eigenvalue weighted by molar-refractivity contribution is -0.156. The Bertz CT molecular complexity index is 943. The fourth-order valence-electron chi connectivity index (χ4n) is 2.37. The number of hydrogen-bond acceptors (Lipinski definition) is 6. The van der Waals surface area contributed by atoms with Crippen LogP contribution in [0.5, 0.6) is 11.5 Å². The first-order valence-electron chi connectivity index (χ1n) is 8.36. The number of benzene rings is 1. The molecule has 1 atom stereocenters. The molecule has 0 bridgehead atoms. The lowest BCUT2D eigenvalue weighted by atomic mass is 10.1. The van der Waals surface area contributed by atoms with Crippen LogP contribution in [-0.2, 0) is 6.61 Å². The first-order chi connectivity index (χ1) is 13.9. The van der Waals surface area contributed by atoms with E-state index >= 15 is 0 Å². The summed E-state index contributed by atoms with van der Waals surface area (Å²) in [4.78, 5) is 19.8. The maximum atomic E-state index is 13.3. The summed E-state index contributed by atoms with van der Waals surface area (Å²) in [7, 11) is 1.53. The Balaban J connectivity index is 1.64. The highest BCUT2D eigenvalue weighted by molar-refractivity contribution is 5.92. The van der Waals surface area contributed by atoms with Crippen molar-refractivity contribution in [3.8, 4) is 11.5 Å². The average Bonchev–Trinajstić information content (AvgIpc) is 3.19. The zero-order valence-corrected chi connectivity index (χ0v) is 15.1. The Morgan fingerprint density at radius 1 is 1.17 bits per heavy atom. The van der Waals surface area contributed by atoms with Crippen molar-refractivity contribution in [1.29, 1.82) is 0 Å². The van der Waals surface area contributed by atoms with Crippen LogP contribution in [0.3, 0.4) is 0 Å². The summed E-state index contributed by atoms with van der Waals surface area (Å²) in [5, 5.41) is 1.89. The largest absolute Gasteiger partial charge is 0.497 e. The number of aromatic nitrogens is 2. The molecule has 0 saturated heterocycles. The normalized spacial score (nSPS) is 12.3. The molecule has 2 heterocycles. The zero-order chi connectivity index (χ0) is 20.9. The maximum Gasteiger partial charge on any atom is 0.414 e. The predicted molar refractivity (Wildman–Crippen MR) is 94.3 cm³/mol. The van der Waals surface area contributed by atoms with E-state index in [1.54, 1.807) is 24.3 Å². The molecule has 0 aliphatic rings. The molecule has 0 radical (unpaired) electrons. The van der Waals surface area contributed by atoms with Gasteiger partial charge in [-0.05, 0) is 36.4 Å². The molecule has 10 heteroatoms. The van der Waals surface area contributed by atoms with Crippen molar-refractivity contribution >= 4 is 5.91 Å². The minimum atomic E-state index is -4.73. The molecule has 3 aromatic rings. The molecular weight excluding hydrogens is 391 g/mol. The highest BCUT2D eigenvalue weighted by Crippen LogP contribution is 2.31. The topological polar surface area (TPSA) is 86.5 Å². The quantitative estimate of drug-likeness (QED) is 0.643. The van der Waals surface area contributed by atoms with E-state index in [1.807, 2.05) is 5.32 Å². The van der Waals surface area contributed by atoms with Crippen LogP contribution >= 0.6 is 0 Å². The van der Waals surface area contributed by atoms with Crippen molar-refractivity contribution in [2.24, 2.45) is 0 Å². The van der Waals surface area contributed by atoms with Crippen molar-refractivity contribution in [1.82, 2.24) is 15.3 Å². The van der Waals surface area contributed by atoms with Gasteiger partial charge < -0.3 is 19.2 Å². The molecule has 1 N–H and O–H groups in total. The Hall–Kier alpha value is -3.56. The number of ether oxygens (including phenoxy) is 2. The second-order valence-electron chi connectivity index (χ2n) is 5.79. The number of pyridine rings is 1. The van der Waals surface area contributed by atoms with Crippen molar-refractivity contribution in [3.05, 3.63) is 72.2 Å². The summed E-state index contributed by atoms with van der Waals surface area (Å²) >= 11 is 0. The van der Waals surface area contributed by atoms with Crippen LogP contribution in [-0.4, -0.2) is 29.2 Å². The summed E-state index contributed by atoms with van der Waals surface area (Å²) in [6.07, 6.45) is -2.55. The van der Waals surface area contributed by atoms with Gasteiger partial charge in [0.2, 0.25) is 5.89 Å². The monoisotopic (exact) mass is 407 g/mol. The molecule has 7 nitrogen and oxygen atoms in total. The van der Waals surface area contributed by atoms with Gasteiger partial charge in [0.15, 0.2) is 18.3 Å². The number of methoxy groups -OCH3 is 1. The van der Waals surface area contributed by atoms with Gasteiger partial charge in [-0.15, -0.1) is 0 Å². The van der Waals surface area contributed by atoms with Crippen LogP contribution in [0.25, 0.3) is 0 Å². The molecule has 1 amide bonds. The summed E-state index contributed by atoms with van der Waals surface area (Å²) in [6.45, 7) is -0.109. The Morgan fingerprint density at radius 2 is 1.90 bits per heavy atom. The number of carbonyl (C=O) groups is 1. The van der Waals surface area contributed by atoms with E-state index in [9.17, 15) is 18.0 Å². The molecule has 29 heavy (non-hydrogen) atoms. The first kappa shape index (κ1) is 20.2. The van der Waals surface area contributed by atoms with Crippen LogP contribution in [0, 0.1) is 0 Å². The Morgan fingerprint density at radius 3 is 2.52 bits per heavy atom. The van der Waals surface area contributed by atoms with Crippen LogP contribution in [0.1, 0.15) is 28.1 Å². The van der Waals surface area contributed by atoms with Gasteiger partial charge in [0, 0.05) is 6.20 Å². The van der Waals surface area contributed by atoms with E-state index < -0.39 is 18.1 Å². The van der Waals surface area contributed by atoms with E-state index in [0.717, 1.165) is 6.26 Å². The summed E-state index contributed by atoms with van der Waals surface area (Å²) < 4.78 is 55.6. The van der Waals surface area contributed by atoms with Gasteiger partial charge in [-0.25, -0.2) is 4.98 Å². The van der Waals surface area contributed by atoms with E-state index in [2.05, 4.69) is 9.97 Å². The molecule has 0 fully saturated rings. The summed E-state index contributed by atoms with van der Waals surface area (Å²) in [5.41, 5.74) is -0.636. The number of rotatable bonds is 7. The third-order valence-corrected chi connectivity index (χ3v) is 3.79. The number of carbonyl (C=O) groups excluding carboxylic acids is 1. The van der Waals surface area contributed by atoms with E-state index in [4.69, 9.17) is 13.9 Å². The molecule has 0 aliphatic carbocycles. The lowest BCUT2D eigenvalue weighted by Gasteiger charge is -2.20. The second-order valence-corrected chi connectivity index (χ2v) is 5.79. The predicted octanol–water partition coefficient (Wildman–Crippen LogP) is 3.69. The fraction of sp³-hybridized carbons (Fsp3) is 0.211. The van der Waals surface area contributed by atoms with Gasteiger partial charge in [0.05, 0.1) is 12.8 Å². The lowest BCUT2D eigenvalue weighted by Crippen LogP contribution is -2.38. The van der Waals surface area contributed by atoms with E-state index in [-0.39, 0.29) is 23.9 Å². The van der Waals surface area contributed by atoms with Gasteiger partial charge >= 0.3 is 6.18 Å². The number of amides is 1. The molecule has 0 aliphatic heterocycles. The smallest absolute Gasteiger partial charge is 0.414 e. The Kier molecular flexibility index (Phi) is 6.01. The first-order valence-corrected chi connectivity index (χ1v) is 8.36. The van der Waals surface area contributed by atoms with Crippen molar-refractivity contribution in [3.63, 3.8) is 0 Å². The highest BCUT2D eigenvalue weighted by atomic mass is 19.4. The molecule has 1 aromatic carbocycles. The summed E-state index contributed by atoms with van der Waals surface area (Å²) in [6, 6.07) is 8.49. The molecule has 2 aromatic heterocycles. The third-order valence-electron chi connectivity index (χ3n) is 3.79. The Labute approximate surface area is 163 Å². The summed E-state index contributed by atoms with van der Waals surface area (Å²) in [5.74, 6) is 0.145. The van der Waals surface area contributed by atoms with Gasteiger partial charge in [-0.2, -0.15) is 13.2 Å². The maximum absolute atomic E-state index is 13.3. The highest BCUT2D eigenvalue weighted by Gasteiger charge is 2.43. The van der Waals surface area contributed by atoms with E-state index in [0.29, 0.717) is 11.5 Å². The van der Waals surface area contributed by atoms with Gasteiger partial charge in [0.1, 0.15) is 17.8 Å². The molecule has 0 spiro atoms. The number of nitrogens with zero attached hydrogens (tertiary/aromatic N) is 2. The van der Waals surface area contributed by atoms with Crippen molar-refractivity contribution in [2.45, 2.75) is 18.8 Å². The molecular formula is C19H16F3N3O4. The van der Waals surface area contributed by atoms with Crippen molar-refractivity contribution < 1.29 is 31.9 Å². The number of halogens is 3. The average molecular weight is 407 g/mol. The number of nitrogens with one attached hydrogen (secondary N) is 1. The number of alkyl halides is 3. The van der Waals surface area contributed by atoms with Gasteiger partial charge in [0.25, 0.3) is 5.91 Å². The van der Waals surface area contributed by atoms with Gasteiger partial charge in [-0.1, -0.05) is 6.07 Å². The molecule has 3 rings (SSSR count). The van der Waals surface area contributed by atoms with Crippen LogP contribution in [0.4, 0.5) is 13.2 Å². The number of oxazole rings is 1. The van der Waals surface area contributed by atoms with Crippen LogP contribution < -0.4 is 14.8 Å². The minimum Gasteiger partial charge on any atom is -0.497 e. The standard InChI is InChI=1S/C19H16F3N3O4/c1-27-12-5-7-13(8-6-12)28-11-16-24-15(10-29-16)18(26)25-17(19(20,21)22)14-4-2-3-9-23-14/h2-10,17H,11H2,1H3,(H,25,26). The SMILES string of the molecule is COc1ccc(OCc2nc(C(=O)NC(c3ccccn3)C(F)(F)F)co2)cc1. The second kappa shape index (κ2) is 8.63.